The van der Waals surface area contributed by atoms with Gasteiger partial charge in [0, 0.05) is 0 Å². The van der Waals surface area contributed by atoms with Gasteiger partial charge in [0.1, 0.15) is 6.10 Å². The lowest BCUT2D eigenvalue weighted by Crippen LogP contribution is -2.49. The molecule has 0 aromatic rings. The van der Waals surface area contributed by atoms with E-state index in [0.717, 1.165) is 0 Å². The van der Waals surface area contributed by atoms with Crippen LogP contribution in [0.2, 0.25) is 0 Å². The summed E-state index contributed by atoms with van der Waals surface area (Å²) < 4.78 is 4.42. The van der Waals surface area contributed by atoms with Crippen LogP contribution in [0, 0.1) is 0 Å². The van der Waals surface area contributed by atoms with Crippen LogP contribution in [0.25, 0.3) is 0 Å². The van der Waals surface area contributed by atoms with Gasteiger partial charge in [-0.1, -0.05) is 0 Å². The third kappa shape index (κ3) is 1.44. The number of nitrogens with two attached hydrogens (primary N) is 1. The Balaban J connectivity index is 3.23. The van der Waals surface area contributed by atoms with Crippen LogP contribution in [0.3, 0.4) is 0 Å². The van der Waals surface area contributed by atoms with E-state index in [9.17, 15) is 14.7 Å². The Hall–Kier alpha value is -1.64. The number of cyclic esters (lactones) is 1. The van der Waals surface area contributed by atoms with Crippen molar-refractivity contribution in [2.45, 2.75) is 11.7 Å². The van der Waals surface area contributed by atoms with Crippen molar-refractivity contribution in [3.8, 4) is 0 Å². The number of aliphatic hydroxyl groups is 3. The maximum atomic E-state index is 10.9. The molecule has 15 heavy (non-hydrogen) atoms. The van der Waals surface area contributed by atoms with Crippen molar-refractivity contribution >= 4 is 12.3 Å². The van der Waals surface area contributed by atoms with Gasteiger partial charge in [0.15, 0.2) is 6.29 Å². The molecule has 84 valence electrons. The summed E-state index contributed by atoms with van der Waals surface area (Å²) >= 11 is 0. The Bertz CT molecular complexity index is 325. The highest BCUT2D eigenvalue weighted by atomic mass is 16.7. The highest BCUT2D eigenvalue weighted by Gasteiger charge is 2.55. The summed E-state index contributed by atoms with van der Waals surface area (Å²) in [5.41, 5.74) is -2.29. The highest BCUT2D eigenvalue weighted by molar-refractivity contribution is 5.94. The van der Waals surface area contributed by atoms with Gasteiger partial charge in [-0.3, -0.25) is 4.79 Å². The molecule has 0 spiro atoms. The second-order valence-electron chi connectivity index (χ2n) is 2.79. The molecule has 1 aliphatic heterocycles. The minimum Gasteiger partial charge on any atom is -0.499 e. The van der Waals surface area contributed by atoms with Crippen LogP contribution >= 0.6 is 0 Å². The number of carbonyl (C=O) groups excluding carboxylic acids is 2. The number of rotatable bonds is 4. The van der Waals surface area contributed by atoms with Crippen LogP contribution in [-0.2, 0) is 19.2 Å². The molecule has 0 fully saturated rings. The predicted octanol–water partition coefficient (Wildman–Crippen LogP) is -2.51. The minimum absolute atomic E-state index is 0.0111. The maximum Gasteiger partial charge on any atom is 0.378 e. The molecule has 0 radical (unpaired) electrons. The smallest absolute Gasteiger partial charge is 0.378 e. The van der Waals surface area contributed by atoms with Crippen molar-refractivity contribution in [2.24, 2.45) is 5.90 Å². The Kier molecular flexibility index (Phi) is 2.93. The zero-order valence-corrected chi connectivity index (χ0v) is 7.41. The molecule has 8 nitrogen and oxygen atoms in total. The van der Waals surface area contributed by atoms with E-state index in [0.29, 0.717) is 0 Å². The molecule has 0 aromatic heterocycles. The molecule has 1 rings (SSSR count). The van der Waals surface area contributed by atoms with Gasteiger partial charge in [0.05, 0.1) is 6.61 Å². The van der Waals surface area contributed by atoms with E-state index in [1.165, 1.54) is 0 Å². The van der Waals surface area contributed by atoms with Gasteiger partial charge in [-0.05, 0) is 0 Å². The van der Waals surface area contributed by atoms with E-state index in [2.05, 4.69) is 9.57 Å². The Morgan fingerprint density at radius 3 is 2.67 bits per heavy atom. The van der Waals surface area contributed by atoms with Crippen LogP contribution in [0.15, 0.2) is 11.5 Å². The molecule has 0 saturated carbocycles. The van der Waals surface area contributed by atoms with E-state index in [-0.39, 0.29) is 6.29 Å². The molecule has 8 heteroatoms. The average Bonchev–Trinajstić information content (AvgIpc) is 2.50. The molecule has 0 saturated heterocycles. The third-order valence-corrected chi connectivity index (χ3v) is 1.99. The fraction of sp³-hybridized carbons (Fsp3) is 0.429. The Labute approximate surface area is 83.5 Å². The molecule has 0 bridgehead atoms. The zero-order chi connectivity index (χ0) is 11.6. The molecule has 0 amide bonds. The molecule has 1 heterocycles. The normalized spacial score (nSPS) is 27.5. The van der Waals surface area contributed by atoms with Crippen molar-refractivity contribution < 1.29 is 34.5 Å². The third-order valence-electron chi connectivity index (χ3n) is 1.99. The van der Waals surface area contributed by atoms with E-state index in [4.69, 9.17) is 16.1 Å². The average molecular weight is 219 g/mol. The summed E-state index contributed by atoms with van der Waals surface area (Å²) in [6.07, 6.45) is -1.76. The van der Waals surface area contributed by atoms with Gasteiger partial charge in [-0.25, -0.2) is 4.79 Å². The van der Waals surface area contributed by atoms with Crippen LogP contribution in [0.4, 0.5) is 0 Å². The summed E-state index contributed by atoms with van der Waals surface area (Å²) in [6, 6.07) is 0. The van der Waals surface area contributed by atoms with Gasteiger partial charge in [0.25, 0.3) is 5.60 Å². The largest absolute Gasteiger partial charge is 0.499 e. The molecule has 2 atom stereocenters. The molecular formula is C7H9NO7. The van der Waals surface area contributed by atoms with Crippen LogP contribution < -0.4 is 5.90 Å². The number of ether oxygens (including phenoxy) is 1. The molecule has 0 aromatic carbocycles. The van der Waals surface area contributed by atoms with Crippen LogP contribution in [0.5, 0.6) is 0 Å². The van der Waals surface area contributed by atoms with E-state index in [1.54, 1.807) is 0 Å². The molecular weight excluding hydrogens is 210 g/mol. The number of aldehydes is 1. The molecule has 1 aliphatic rings. The van der Waals surface area contributed by atoms with Gasteiger partial charge in [-0.2, -0.15) is 5.90 Å². The number of hydrogen-bond donors (Lipinski definition) is 4. The second-order valence-corrected chi connectivity index (χ2v) is 2.79. The fourth-order valence-corrected chi connectivity index (χ4v) is 1.18. The number of aliphatic hydroxyl groups excluding tert-OH is 3. The van der Waals surface area contributed by atoms with Gasteiger partial charge in [0.2, 0.25) is 11.5 Å². The monoisotopic (exact) mass is 219 g/mol. The first-order valence-corrected chi connectivity index (χ1v) is 3.82. The first-order valence-electron chi connectivity index (χ1n) is 3.82. The zero-order valence-electron chi connectivity index (χ0n) is 7.41. The number of esters is 1. The summed E-state index contributed by atoms with van der Waals surface area (Å²) in [6.45, 7) is -0.883. The molecule has 0 aliphatic carbocycles. The SMILES string of the molecule is NOC1=C(O)C(=O)O[C@]1(C=O)[C@@H](O)CO. The maximum absolute atomic E-state index is 10.9. The van der Waals surface area contributed by atoms with Gasteiger partial charge in [-0.15, -0.1) is 0 Å². The highest BCUT2D eigenvalue weighted by Crippen LogP contribution is 2.33. The Morgan fingerprint density at radius 1 is 1.67 bits per heavy atom. The van der Waals surface area contributed by atoms with E-state index in [1.807, 2.05) is 0 Å². The van der Waals surface area contributed by atoms with Crippen molar-refractivity contribution in [3.05, 3.63) is 11.5 Å². The lowest BCUT2D eigenvalue weighted by atomic mass is 9.97. The summed E-state index contributed by atoms with van der Waals surface area (Å²) in [4.78, 5) is 25.8. The van der Waals surface area contributed by atoms with Crippen molar-refractivity contribution in [3.63, 3.8) is 0 Å². The van der Waals surface area contributed by atoms with E-state index < -0.39 is 35.8 Å². The Morgan fingerprint density at radius 2 is 2.27 bits per heavy atom. The van der Waals surface area contributed by atoms with Crippen molar-refractivity contribution in [1.29, 1.82) is 0 Å². The first-order chi connectivity index (χ1) is 7.03. The van der Waals surface area contributed by atoms with Gasteiger partial charge >= 0.3 is 5.97 Å². The topological polar surface area (TPSA) is 139 Å². The van der Waals surface area contributed by atoms with Crippen LogP contribution in [0.1, 0.15) is 0 Å². The quantitative estimate of drug-likeness (QED) is 0.231. The standard InChI is InChI=1S/C7H9NO7/c8-15-5-4(12)6(13)14-7(5,2-10)3(11)1-9/h2-3,9,11-12H,1,8H2/t3-,7+/m0/s1. The van der Waals surface area contributed by atoms with Gasteiger partial charge < -0.3 is 24.9 Å². The summed E-state index contributed by atoms with van der Waals surface area (Å²) in [5, 5.41) is 27.1. The number of carbonyl (C=O) groups is 2. The van der Waals surface area contributed by atoms with Crippen LogP contribution in [-0.4, -0.2) is 45.9 Å². The van der Waals surface area contributed by atoms with Crippen molar-refractivity contribution in [1.82, 2.24) is 0 Å². The lowest BCUT2D eigenvalue weighted by molar-refractivity contribution is -0.167. The predicted molar refractivity (Wildman–Crippen MR) is 42.9 cm³/mol. The van der Waals surface area contributed by atoms with E-state index >= 15 is 0 Å². The lowest BCUT2D eigenvalue weighted by Gasteiger charge is -2.26. The summed E-state index contributed by atoms with van der Waals surface area (Å²) in [7, 11) is 0. The van der Waals surface area contributed by atoms with Crippen molar-refractivity contribution in [2.75, 3.05) is 6.61 Å². The summed E-state index contributed by atoms with van der Waals surface area (Å²) in [5.74, 6) is 1.71. The number of hydrogen-bond acceptors (Lipinski definition) is 8. The fourth-order valence-electron chi connectivity index (χ4n) is 1.18. The minimum atomic E-state index is -2.29. The molecule has 5 N–H and O–H groups in total. The molecule has 0 unspecified atom stereocenters. The first kappa shape index (κ1) is 11.4. The second kappa shape index (κ2) is 3.85.